The first kappa shape index (κ1) is 10.7. The number of pyridine rings is 1. The molecule has 0 aliphatic carbocycles. The van der Waals surface area contributed by atoms with Gasteiger partial charge in [0.15, 0.2) is 0 Å². The highest BCUT2D eigenvalue weighted by Gasteiger charge is 2.03. The first-order valence-corrected chi connectivity index (χ1v) is 3.01. The Morgan fingerprint density at radius 2 is 2.25 bits per heavy atom. The second-order valence-corrected chi connectivity index (χ2v) is 1.93. The Hall–Kier alpha value is -1.29. The molecule has 12 heavy (non-hydrogen) atoms. The molecule has 66 valence electrons. The van der Waals surface area contributed by atoms with E-state index in [1.807, 2.05) is 0 Å². The van der Waals surface area contributed by atoms with Crippen LogP contribution < -0.4 is 5.56 Å². The van der Waals surface area contributed by atoms with Crippen LogP contribution in [-0.2, 0) is 4.74 Å². The Morgan fingerprint density at radius 3 is 2.75 bits per heavy atom. The van der Waals surface area contributed by atoms with Gasteiger partial charge in [0.2, 0.25) is 5.56 Å². The number of hydrogen-bond donors (Lipinski definition) is 1. The first-order chi connectivity index (χ1) is 5.24. The molecule has 1 N–H and O–H groups in total. The molecular weight excluding hydrogens is 182 g/mol. The number of methoxy groups -OCH3 is 1. The third-order valence-electron chi connectivity index (χ3n) is 1.20. The summed E-state index contributed by atoms with van der Waals surface area (Å²) < 4.78 is 4.40. The van der Waals surface area contributed by atoms with Crippen LogP contribution in [0.5, 0.6) is 0 Å². The summed E-state index contributed by atoms with van der Waals surface area (Å²) >= 11 is 0. The van der Waals surface area contributed by atoms with Crippen molar-refractivity contribution in [3.63, 3.8) is 0 Å². The number of carbonyl (C=O) groups excluding carboxylic acids is 1. The van der Waals surface area contributed by atoms with Crippen molar-refractivity contribution >= 4 is 18.4 Å². The van der Waals surface area contributed by atoms with Gasteiger partial charge in [-0.15, -0.1) is 12.4 Å². The molecule has 1 aromatic heterocycles. The van der Waals surface area contributed by atoms with Crippen LogP contribution in [0.15, 0.2) is 23.1 Å². The van der Waals surface area contributed by atoms with Gasteiger partial charge >= 0.3 is 5.97 Å². The van der Waals surface area contributed by atoms with Crippen LogP contribution in [-0.4, -0.2) is 18.1 Å². The molecule has 0 saturated carbocycles. The second-order valence-electron chi connectivity index (χ2n) is 1.93. The third-order valence-corrected chi connectivity index (χ3v) is 1.20. The smallest absolute Gasteiger partial charge is 0.338 e. The number of halogens is 1. The van der Waals surface area contributed by atoms with Crippen LogP contribution in [0.25, 0.3) is 0 Å². The van der Waals surface area contributed by atoms with E-state index in [1.54, 1.807) is 0 Å². The fraction of sp³-hybridized carbons (Fsp3) is 0.143. The minimum Gasteiger partial charge on any atom is -0.465 e. The molecule has 4 nitrogen and oxygen atoms in total. The van der Waals surface area contributed by atoms with E-state index in [9.17, 15) is 9.59 Å². The summed E-state index contributed by atoms with van der Waals surface area (Å²) in [6, 6.07) is 2.67. The second kappa shape index (κ2) is 4.56. The number of H-pyrrole nitrogens is 1. The van der Waals surface area contributed by atoms with Gasteiger partial charge in [0.1, 0.15) is 0 Å². The van der Waals surface area contributed by atoms with Crippen LogP contribution in [0.3, 0.4) is 0 Å². The predicted molar refractivity (Wildman–Crippen MR) is 45.7 cm³/mol. The minimum atomic E-state index is -0.504. The Balaban J connectivity index is 0.00000121. The van der Waals surface area contributed by atoms with E-state index in [1.165, 1.54) is 25.4 Å². The molecule has 1 aromatic rings. The molecule has 1 heterocycles. The zero-order valence-electron chi connectivity index (χ0n) is 6.37. The topological polar surface area (TPSA) is 59.2 Å². The molecule has 0 unspecified atom stereocenters. The summed E-state index contributed by atoms with van der Waals surface area (Å²) in [5.74, 6) is -0.504. The van der Waals surface area contributed by atoms with Crippen molar-refractivity contribution < 1.29 is 9.53 Å². The molecule has 0 bridgehead atoms. The zero-order valence-corrected chi connectivity index (χ0v) is 7.18. The number of aromatic nitrogens is 1. The molecule has 0 radical (unpaired) electrons. The zero-order chi connectivity index (χ0) is 8.27. The Morgan fingerprint density at radius 1 is 1.58 bits per heavy atom. The predicted octanol–water partition coefficient (Wildman–Crippen LogP) is 0.583. The van der Waals surface area contributed by atoms with E-state index in [0.29, 0.717) is 0 Å². The maximum absolute atomic E-state index is 10.8. The molecule has 0 saturated heterocycles. The standard InChI is InChI=1S/C7H7NO3.ClH/c1-11-7(10)5-2-3-8-6(9)4-5;/h2-4H,1H3,(H,8,9);1H. The molecule has 5 heteroatoms. The Kier molecular flexibility index (Phi) is 4.07. The molecule has 0 amide bonds. The largest absolute Gasteiger partial charge is 0.465 e. The normalized spacial score (nSPS) is 8.42. The quantitative estimate of drug-likeness (QED) is 0.658. The van der Waals surface area contributed by atoms with Crippen LogP contribution in [0.1, 0.15) is 10.4 Å². The van der Waals surface area contributed by atoms with E-state index in [4.69, 9.17) is 0 Å². The van der Waals surface area contributed by atoms with Crippen molar-refractivity contribution in [3.8, 4) is 0 Å². The number of nitrogens with one attached hydrogen (secondary N) is 1. The average Bonchev–Trinajstić information content (AvgIpc) is 2.03. The van der Waals surface area contributed by atoms with E-state index in [0.717, 1.165) is 0 Å². The Bertz CT molecular complexity index is 320. The summed E-state index contributed by atoms with van der Waals surface area (Å²) in [6.07, 6.45) is 1.40. The summed E-state index contributed by atoms with van der Waals surface area (Å²) in [5.41, 5.74) is -0.0517. The minimum absolute atomic E-state index is 0. The van der Waals surface area contributed by atoms with Crippen molar-refractivity contribution in [2.45, 2.75) is 0 Å². The maximum Gasteiger partial charge on any atom is 0.338 e. The lowest BCUT2D eigenvalue weighted by Gasteiger charge is -1.95. The molecule has 0 aliphatic heterocycles. The molecule has 0 aromatic carbocycles. The molecule has 0 aliphatic rings. The average molecular weight is 190 g/mol. The summed E-state index contributed by atoms with van der Waals surface area (Å²) in [4.78, 5) is 23.8. The number of aromatic amines is 1. The van der Waals surface area contributed by atoms with Gasteiger partial charge in [0, 0.05) is 12.3 Å². The highest BCUT2D eigenvalue weighted by molar-refractivity contribution is 5.88. The SMILES string of the molecule is COC(=O)c1cc[nH]c(=O)c1.Cl. The Labute approximate surface area is 75.0 Å². The molecular formula is C7H8ClNO3. The molecule has 0 fully saturated rings. The lowest BCUT2D eigenvalue weighted by molar-refractivity contribution is 0.0600. The van der Waals surface area contributed by atoms with E-state index < -0.39 is 5.97 Å². The number of esters is 1. The lowest BCUT2D eigenvalue weighted by Crippen LogP contribution is -2.09. The van der Waals surface area contributed by atoms with Gasteiger partial charge < -0.3 is 9.72 Å². The maximum atomic E-state index is 10.8. The van der Waals surface area contributed by atoms with Crippen molar-refractivity contribution in [1.82, 2.24) is 4.98 Å². The van der Waals surface area contributed by atoms with Gasteiger partial charge in [-0.25, -0.2) is 4.79 Å². The van der Waals surface area contributed by atoms with Crippen molar-refractivity contribution in [2.75, 3.05) is 7.11 Å². The fourth-order valence-corrected chi connectivity index (χ4v) is 0.689. The van der Waals surface area contributed by atoms with Crippen LogP contribution >= 0.6 is 12.4 Å². The first-order valence-electron chi connectivity index (χ1n) is 3.01. The number of rotatable bonds is 1. The monoisotopic (exact) mass is 189 g/mol. The van der Waals surface area contributed by atoms with Gasteiger partial charge in [-0.2, -0.15) is 0 Å². The van der Waals surface area contributed by atoms with Crippen LogP contribution in [0.2, 0.25) is 0 Å². The molecule has 1 rings (SSSR count). The molecule has 0 atom stereocenters. The highest BCUT2D eigenvalue weighted by atomic mass is 35.5. The summed E-state index contributed by atoms with van der Waals surface area (Å²) in [7, 11) is 1.27. The highest BCUT2D eigenvalue weighted by Crippen LogP contribution is 1.94. The number of carbonyl (C=O) groups is 1. The van der Waals surface area contributed by atoms with Gasteiger partial charge in [0.05, 0.1) is 12.7 Å². The van der Waals surface area contributed by atoms with Crippen LogP contribution in [0, 0.1) is 0 Å². The van der Waals surface area contributed by atoms with Crippen molar-refractivity contribution in [1.29, 1.82) is 0 Å². The van der Waals surface area contributed by atoms with Crippen LogP contribution in [0.4, 0.5) is 0 Å². The third kappa shape index (κ3) is 2.39. The van der Waals surface area contributed by atoms with Gasteiger partial charge in [0.25, 0.3) is 0 Å². The van der Waals surface area contributed by atoms with E-state index in [-0.39, 0.29) is 23.5 Å². The van der Waals surface area contributed by atoms with E-state index in [2.05, 4.69) is 9.72 Å². The van der Waals surface area contributed by atoms with Gasteiger partial charge in [-0.1, -0.05) is 0 Å². The van der Waals surface area contributed by atoms with Crippen molar-refractivity contribution in [2.24, 2.45) is 0 Å². The van der Waals surface area contributed by atoms with E-state index >= 15 is 0 Å². The van der Waals surface area contributed by atoms with Crippen molar-refractivity contribution in [3.05, 3.63) is 34.2 Å². The molecule has 0 spiro atoms. The summed E-state index contributed by atoms with van der Waals surface area (Å²) in [6.45, 7) is 0. The fourth-order valence-electron chi connectivity index (χ4n) is 0.689. The lowest BCUT2D eigenvalue weighted by atomic mass is 10.3. The number of hydrogen-bond acceptors (Lipinski definition) is 3. The summed E-state index contributed by atoms with van der Waals surface area (Å²) in [5, 5.41) is 0. The number of ether oxygens (including phenoxy) is 1. The van der Waals surface area contributed by atoms with Gasteiger partial charge in [-0.3, -0.25) is 4.79 Å². The van der Waals surface area contributed by atoms with Gasteiger partial charge in [-0.05, 0) is 6.07 Å².